The van der Waals surface area contributed by atoms with Gasteiger partial charge in [0, 0.05) is 57.6 Å². The number of aromatic hydroxyl groups is 5. The van der Waals surface area contributed by atoms with E-state index >= 15 is 0 Å². The summed E-state index contributed by atoms with van der Waals surface area (Å²) in [5.41, 5.74) is 12.7. The Hall–Kier alpha value is -5.52. The molecule has 0 aliphatic heterocycles. The summed E-state index contributed by atoms with van der Waals surface area (Å²) >= 11 is 0. The fraction of sp³-hybridized carbons (Fsp3) is 0.0952. The molecule has 0 bridgehead atoms. The molecule has 0 fully saturated rings. The first-order valence-corrected chi connectivity index (χ1v) is 16.5. The van der Waals surface area contributed by atoms with Crippen LogP contribution in [0.1, 0.15) is 16.7 Å². The van der Waals surface area contributed by atoms with Crippen molar-refractivity contribution in [2.24, 2.45) is 5.73 Å². The molecule has 6 aromatic carbocycles. The maximum Gasteiger partial charge on any atom is 0.208 e. The third-order valence-corrected chi connectivity index (χ3v) is 8.99. The summed E-state index contributed by atoms with van der Waals surface area (Å²) in [5, 5.41) is 69.0. The molecule has 1 heterocycles. The third-order valence-electron chi connectivity index (χ3n) is 8.99. The number of para-hydroxylation sites is 1. The largest absolute Gasteiger partial charge is 0.504 e. The van der Waals surface area contributed by atoms with Crippen LogP contribution >= 0.6 is 0 Å². The molecule has 0 aliphatic carbocycles. The number of nitrogens with two attached hydrogens (primary N) is 1. The Balaban J connectivity index is 0.00000178. The van der Waals surface area contributed by atoms with E-state index in [-0.39, 0.29) is 38.3 Å². The summed E-state index contributed by atoms with van der Waals surface area (Å²) < 4.78 is 6.07. The van der Waals surface area contributed by atoms with E-state index in [2.05, 4.69) is 23.2 Å². The van der Waals surface area contributed by atoms with Crippen LogP contribution in [0.15, 0.2) is 120 Å². The van der Waals surface area contributed by atoms with E-state index in [9.17, 15) is 30.7 Å². The quantitative estimate of drug-likeness (QED) is 0.0423. The van der Waals surface area contributed by atoms with E-state index < -0.39 is 28.7 Å². The summed E-state index contributed by atoms with van der Waals surface area (Å²) in [6, 6.07) is 34.9. The van der Waals surface area contributed by atoms with Gasteiger partial charge in [-0.25, -0.2) is 0 Å². The summed E-state index contributed by atoms with van der Waals surface area (Å²) in [6.07, 6.45) is 2.13. The Morgan fingerprint density at radius 1 is 0.660 bits per heavy atom. The van der Waals surface area contributed by atoms with Gasteiger partial charge in [-0.05, 0) is 82.8 Å². The zero-order valence-corrected chi connectivity index (χ0v) is 32.2. The van der Waals surface area contributed by atoms with E-state index in [0.29, 0.717) is 23.2 Å². The molecule has 0 aliphatic rings. The van der Waals surface area contributed by atoms with E-state index in [1.165, 1.54) is 14.1 Å². The van der Waals surface area contributed by atoms with Gasteiger partial charge < -0.3 is 41.0 Å². The molecule has 10 nitrogen and oxygen atoms in total. The molecule has 53 heavy (non-hydrogen) atoms. The Morgan fingerprint density at radius 2 is 1.19 bits per heavy atom. The number of furan rings is 1. The molecule has 11 heteroatoms. The van der Waals surface area contributed by atoms with Crippen molar-refractivity contribution in [1.29, 1.82) is 0 Å². The number of nitrogens with zero attached hydrogens (tertiary/aromatic N) is 1. The fourth-order valence-corrected chi connectivity index (χ4v) is 6.30. The second-order valence-electron chi connectivity index (χ2n) is 12.0. The maximum absolute atomic E-state index is 10.9. The number of rotatable bonds is 8. The number of nitrogens with one attached hydrogen (secondary N) is 1. The van der Waals surface area contributed by atoms with Gasteiger partial charge in [-0.1, -0.05) is 84.9 Å². The molecule has 0 saturated heterocycles. The number of fused-ring (bicyclic) bond motifs is 3. The van der Waals surface area contributed by atoms with Crippen LogP contribution in [0.5, 0.6) is 28.7 Å². The minimum Gasteiger partial charge on any atom is -0.504 e. The Kier molecular flexibility index (Phi) is 12.0. The van der Waals surface area contributed by atoms with Crippen molar-refractivity contribution in [3.8, 4) is 51.0 Å². The minimum absolute atomic E-state index is 0. The van der Waals surface area contributed by atoms with Crippen molar-refractivity contribution in [3.05, 3.63) is 132 Å². The van der Waals surface area contributed by atoms with Crippen molar-refractivity contribution < 1.29 is 67.9 Å². The van der Waals surface area contributed by atoms with E-state index in [4.69, 9.17) is 4.42 Å². The predicted octanol–water partition coefficient (Wildman–Crippen LogP) is 8.56. The number of phenols is 5. The molecule has 267 valence electrons. The van der Waals surface area contributed by atoms with Crippen LogP contribution in [0.2, 0.25) is 0 Å². The molecular formula is C42H39N3O7Y. The van der Waals surface area contributed by atoms with Crippen LogP contribution in [-0.4, -0.2) is 51.9 Å². The molecule has 0 saturated carbocycles. The Bertz CT molecular complexity index is 2390. The van der Waals surface area contributed by atoms with Crippen LogP contribution < -0.4 is 16.1 Å². The zero-order chi connectivity index (χ0) is 37.1. The first kappa shape index (κ1) is 38.7. The van der Waals surface area contributed by atoms with E-state index in [1.54, 1.807) is 25.3 Å². The summed E-state index contributed by atoms with van der Waals surface area (Å²) in [7, 11) is 4.81. The van der Waals surface area contributed by atoms with Gasteiger partial charge >= 0.3 is 0 Å². The van der Waals surface area contributed by atoms with Crippen LogP contribution in [0.4, 0.5) is 11.4 Å². The molecule has 0 atom stereocenters. The number of hydroxylamine groups is 1. The smallest absolute Gasteiger partial charge is 0.208 e. The molecule has 7 aromatic rings. The standard InChI is InChI=1S/C41H34N2O7.CH5N.Y/c1-42-32-20-17-27(21-33(32)43(2)49)25-12-14-26(15-13-25)29(36-37(44)39(46)41(48)40(47)38(36)45)18-9-23-7-10-24(11-8-23)28-16-19-31-30-5-3-4-6-34(30)50-35(31)22-28;1-2;/h3-8,10-22,42,44-49H,9H2,1-2H3;2H2,1H3;/b29-18-;;. The molecule has 0 unspecified atom stereocenters. The maximum atomic E-state index is 10.9. The second-order valence-corrected chi connectivity index (χ2v) is 12.0. The normalized spacial score (nSPS) is 11.2. The SMILES string of the molecule is CN.CNc1ccc(-c2ccc(/C(=C/Cc3ccc(-c4ccc5c(c4)oc4ccccc45)cc3)c3c(O)c(O)c(O)c(O)c3O)cc2)cc1N(C)O.[Y]. The molecule has 7 rings (SSSR count). The van der Waals surface area contributed by atoms with Crippen LogP contribution in [0, 0.1) is 0 Å². The van der Waals surface area contributed by atoms with Gasteiger partial charge in [0.05, 0.1) is 16.9 Å². The summed E-state index contributed by atoms with van der Waals surface area (Å²) in [5.74, 6) is -4.47. The monoisotopic (exact) mass is 786 g/mol. The van der Waals surface area contributed by atoms with Gasteiger partial charge in [0.15, 0.2) is 11.5 Å². The number of phenolic OH excluding ortho intramolecular Hbond substituents is 5. The van der Waals surface area contributed by atoms with Gasteiger partial charge in [0.1, 0.15) is 11.2 Å². The van der Waals surface area contributed by atoms with Crippen molar-refractivity contribution in [1.82, 2.24) is 0 Å². The predicted molar refractivity (Wildman–Crippen MR) is 206 cm³/mol. The molecule has 1 radical (unpaired) electrons. The Labute approximate surface area is 331 Å². The topological polar surface area (TPSA) is 176 Å². The second kappa shape index (κ2) is 16.4. The summed E-state index contributed by atoms with van der Waals surface area (Å²) in [6.45, 7) is 0. The molecule has 0 amide bonds. The molecular weight excluding hydrogens is 747 g/mol. The number of allylic oxidation sites excluding steroid dienone is 1. The number of benzene rings is 6. The molecule has 1 aromatic heterocycles. The van der Waals surface area contributed by atoms with Crippen molar-refractivity contribution in [3.63, 3.8) is 0 Å². The van der Waals surface area contributed by atoms with Gasteiger partial charge in [-0.15, -0.1) is 0 Å². The third kappa shape index (κ3) is 7.54. The van der Waals surface area contributed by atoms with E-state index in [1.807, 2.05) is 84.9 Å². The summed E-state index contributed by atoms with van der Waals surface area (Å²) in [4.78, 5) is 0. The minimum atomic E-state index is -1.02. The zero-order valence-electron chi connectivity index (χ0n) is 29.4. The van der Waals surface area contributed by atoms with Crippen molar-refractivity contribution in [2.45, 2.75) is 6.42 Å². The average molecular weight is 787 g/mol. The van der Waals surface area contributed by atoms with Crippen LogP contribution in [-0.2, 0) is 39.1 Å². The van der Waals surface area contributed by atoms with Gasteiger partial charge in [0.25, 0.3) is 0 Å². The Morgan fingerprint density at radius 3 is 1.81 bits per heavy atom. The number of anilines is 2. The average Bonchev–Trinajstić information content (AvgIpc) is 3.56. The van der Waals surface area contributed by atoms with Crippen molar-refractivity contribution >= 4 is 38.9 Å². The first-order chi connectivity index (χ1) is 25.1. The fourth-order valence-electron chi connectivity index (χ4n) is 6.30. The van der Waals surface area contributed by atoms with Gasteiger partial charge in [0.2, 0.25) is 17.2 Å². The van der Waals surface area contributed by atoms with Crippen LogP contribution in [0.25, 0.3) is 49.8 Å². The molecule has 9 N–H and O–H groups in total. The number of hydrogen-bond donors (Lipinski definition) is 8. The van der Waals surface area contributed by atoms with Gasteiger partial charge in [-0.3, -0.25) is 10.3 Å². The number of hydrogen-bond acceptors (Lipinski definition) is 10. The van der Waals surface area contributed by atoms with Gasteiger partial charge in [-0.2, -0.15) is 0 Å². The molecule has 0 spiro atoms. The van der Waals surface area contributed by atoms with E-state index in [0.717, 1.165) is 60.5 Å². The first-order valence-electron chi connectivity index (χ1n) is 16.5. The van der Waals surface area contributed by atoms with Crippen LogP contribution in [0.3, 0.4) is 0 Å². The van der Waals surface area contributed by atoms with Crippen molar-refractivity contribution in [2.75, 3.05) is 31.5 Å².